The van der Waals surface area contributed by atoms with Crippen LogP contribution < -0.4 is 4.90 Å². The number of thioether (sulfide) groups is 1. The van der Waals surface area contributed by atoms with Crippen LogP contribution in [0, 0.1) is 18.3 Å². The van der Waals surface area contributed by atoms with Crippen molar-refractivity contribution in [3.8, 4) is 6.07 Å². The summed E-state index contributed by atoms with van der Waals surface area (Å²) in [7, 11) is 0. The Hall–Kier alpha value is -2.17. The van der Waals surface area contributed by atoms with Gasteiger partial charge in [0.1, 0.15) is 16.7 Å². The first-order valence-corrected chi connectivity index (χ1v) is 10.5. The highest BCUT2D eigenvalue weighted by atomic mass is 32.2. The molecule has 26 heavy (non-hydrogen) atoms. The Morgan fingerprint density at radius 2 is 2.08 bits per heavy atom. The van der Waals surface area contributed by atoms with E-state index < -0.39 is 0 Å². The summed E-state index contributed by atoms with van der Waals surface area (Å²) in [5, 5.41) is 15.2. The monoisotopic (exact) mass is 381 g/mol. The Labute approximate surface area is 161 Å². The molecule has 0 N–H and O–H groups in total. The molecular weight excluding hydrogens is 362 g/mol. The quantitative estimate of drug-likeness (QED) is 0.591. The standard InChI is InChI=1S/C19H19N5S2/c1-4-10-23-14-8-6-7-9-15(14)26-16-12(3)21-17-13(11-20)18(25-5-2)22-24(17)19(16)23/h6-9H,4-5,10H2,1-3H3. The van der Waals surface area contributed by atoms with Gasteiger partial charge < -0.3 is 4.90 Å². The molecule has 0 fully saturated rings. The summed E-state index contributed by atoms with van der Waals surface area (Å²) >= 11 is 3.32. The summed E-state index contributed by atoms with van der Waals surface area (Å²) < 4.78 is 1.87. The zero-order valence-corrected chi connectivity index (χ0v) is 16.6. The van der Waals surface area contributed by atoms with Crippen molar-refractivity contribution in [2.45, 2.75) is 42.0 Å². The highest BCUT2D eigenvalue weighted by Gasteiger charge is 2.30. The lowest BCUT2D eigenvalue weighted by molar-refractivity contribution is 0.782. The van der Waals surface area contributed by atoms with Gasteiger partial charge in [-0.05, 0) is 31.2 Å². The van der Waals surface area contributed by atoms with Gasteiger partial charge in [-0.15, -0.1) is 11.8 Å². The molecule has 4 rings (SSSR count). The second-order valence-electron chi connectivity index (χ2n) is 6.03. The summed E-state index contributed by atoms with van der Waals surface area (Å²) in [6, 6.07) is 10.8. The van der Waals surface area contributed by atoms with Gasteiger partial charge in [-0.25, -0.2) is 4.98 Å². The topological polar surface area (TPSA) is 57.2 Å². The van der Waals surface area contributed by atoms with Gasteiger partial charge in [0.2, 0.25) is 0 Å². The summed E-state index contributed by atoms with van der Waals surface area (Å²) in [4.78, 5) is 9.41. The van der Waals surface area contributed by atoms with Crippen LogP contribution in [-0.4, -0.2) is 26.9 Å². The number of anilines is 2. The number of nitrogens with zero attached hydrogens (tertiary/aromatic N) is 5. The lowest BCUT2D eigenvalue weighted by Gasteiger charge is -2.33. The molecule has 1 aromatic carbocycles. The maximum atomic E-state index is 9.68. The van der Waals surface area contributed by atoms with Gasteiger partial charge in [0.15, 0.2) is 11.5 Å². The highest BCUT2D eigenvalue weighted by Crippen LogP contribution is 2.49. The molecule has 0 unspecified atom stereocenters. The van der Waals surface area contributed by atoms with Crippen LogP contribution in [0.4, 0.5) is 11.5 Å². The van der Waals surface area contributed by atoms with Crippen molar-refractivity contribution in [2.75, 3.05) is 17.2 Å². The van der Waals surface area contributed by atoms with Gasteiger partial charge >= 0.3 is 0 Å². The fraction of sp³-hybridized carbons (Fsp3) is 0.316. The van der Waals surface area contributed by atoms with Gasteiger partial charge in [0.25, 0.3) is 0 Å². The molecule has 2 aromatic heterocycles. The van der Waals surface area contributed by atoms with Crippen molar-refractivity contribution in [3.05, 3.63) is 35.5 Å². The smallest absolute Gasteiger partial charge is 0.176 e. The van der Waals surface area contributed by atoms with Gasteiger partial charge in [0.05, 0.1) is 16.3 Å². The Kier molecular flexibility index (Phi) is 4.55. The highest BCUT2D eigenvalue weighted by molar-refractivity contribution is 8.00. The Morgan fingerprint density at radius 3 is 2.81 bits per heavy atom. The number of hydrogen-bond donors (Lipinski definition) is 0. The van der Waals surface area contributed by atoms with E-state index in [9.17, 15) is 5.26 Å². The predicted molar refractivity (Wildman–Crippen MR) is 107 cm³/mol. The zero-order chi connectivity index (χ0) is 18.3. The predicted octanol–water partition coefficient (Wildman–Crippen LogP) is 5.03. The molecule has 0 saturated carbocycles. The molecule has 0 spiro atoms. The van der Waals surface area contributed by atoms with Crippen LogP contribution in [0.2, 0.25) is 0 Å². The fourth-order valence-corrected chi connectivity index (χ4v) is 5.07. The first-order chi connectivity index (χ1) is 12.7. The van der Waals surface area contributed by atoms with Crippen molar-refractivity contribution in [3.63, 3.8) is 0 Å². The number of hydrogen-bond acceptors (Lipinski definition) is 6. The molecule has 132 valence electrons. The minimum absolute atomic E-state index is 0.572. The van der Waals surface area contributed by atoms with Gasteiger partial charge in [-0.2, -0.15) is 14.9 Å². The van der Waals surface area contributed by atoms with Crippen molar-refractivity contribution in [2.24, 2.45) is 0 Å². The van der Waals surface area contributed by atoms with E-state index in [1.807, 2.05) is 11.4 Å². The molecule has 1 aliphatic rings. The molecule has 0 aliphatic carbocycles. The van der Waals surface area contributed by atoms with Crippen molar-refractivity contribution >= 4 is 40.7 Å². The Morgan fingerprint density at radius 1 is 1.27 bits per heavy atom. The number of aromatic nitrogens is 3. The molecule has 0 bridgehead atoms. The molecule has 0 atom stereocenters. The van der Waals surface area contributed by atoms with E-state index >= 15 is 0 Å². The first kappa shape index (κ1) is 17.3. The molecule has 0 amide bonds. The van der Waals surface area contributed by atoms with Gasteiger partial charge in [-0.3, -0.25) is 0 Å². The minimum atomic E-state index is 0.572. The number of aryl methyl sites for hydroxylation is 1. The second-order valence-corrected chi connectivity index (χ2v) is 8.34. The third-order valence-electron chi connectivity index (χ3n) is 4.30. The molecule has 3 aromatic rings. The molecule has 1 aliphatic heterocycles. The van der Waals surface area contributed by atoms with Crippen LogP contribution in [0.5, 0.6) is 0 Å². The normalized spacial score (nSPS) is 12.8. The van der Waals surface area contributed by atoms with E-state index in [1.54, 1.807) is 23.5 Å². The molecule has 7 heteroatoms. The van der Waals surface area contributed by atoms with Gasteiger partial charge in [-0.1, -0.05) is 37.7 Å². The first-order valence-electron chi connectivity index (χ1n) is 8.70. The number of nitriles is 1. The second kappa shape index (κ2) is 6.86. The largest absolute Gasteiger partial charge is 0.324 e. The molecule has 5 nitrogen and oxygen atoms in total. The number of benzene rings is 1. The van der Waals surface area contributed by atoms with Crippen LogP contribution in [0.3, 0.4) is 0 Å². The number of rotatable bonds is 4. The minimum Gasteiger partial charge on any atom is -0.324 e. The van der Waals surface area contributed by atoms with E-state index in [2.05, 4.69) is 49.1 Å². The van der Waals surface area contributed by atoms with E-state index in [-0.39, 0.29) is 0 Å². The summed E-state index contributed by atoms with van der Waals surface area (Å²) in [6.07, 6.45) is 1.02. The van der Waals surface area contributed by atoms with Crippen LogP contribution in [-0.2, 0) is 0 Å². The van der Waals surface area contributed by atoms with E-state index in [4.69, 9.17) is 10.1 Å². The van der Waals surface area contributed by atoms with E-state index in [0.717, 1.165) is 40.2 Å². The average Bonchev–Trinajstić information content (AvgIpc) is 2.99. The van der Waals surface area contributed by atoms with Crippen LogP contribution >= 0.6 is 23.5 Å². The lowest BCUT2D eigenvalue weighted by Crippen LogP contribution is -2.25. The summed E-state index contributed by atoms with van der Waals surface area (Å²) in [5.41, 5.74) is 3.36. The molecule has 0 saturated heterocycles. The Bertz CT molecular complexity index is 1030. The number of fused-ring (bicyclic) bond motifs is 4. The third kappa shape index (κ3) is 2.56. The van der Waals surface area contributed by atoms with Gasteiger partial charge in [0, 0.05) is 11.4 Å². The summed E-state index contributed by atoms with van der Waals surface area (Å²) in [6.45, 7) is 7.16. The average molecular weight is 382 g/mol. The zero-order valence-electron chi connectivity index (χ0n) is 15.0. The van der Waals surface area contributed by atoms with E-state index in [1.165, 1.54) is 10.6 Å². The number of para-hydroxylation sites is 1. The van der Waals surface area contributed by atoms with Crippen molar-refractivity contribution in [1.82, 2.24) is 14.6 Å². The molecule has 0 radical (unpaired) electrons. The van der Waals surface area contributed by atoms with Crippen LogP contribution in [0.1, 0.15) is 31.5 Å². The van der Waals surface area contributed by atoms with Crippen molar-refractivity contribution < 1.29 is 0 Å². The van der Waals surface area contributed by atoms with Crippen molar-refractivity contribution in [1.29, 1.82) is 5.26 Å². The summed E-state index contributed by atoms with van der Waals surface area (Å²) in [5.74, 6) is 1.90. The van der Waals surface area contributed by atoms with Crippen LogP contribution in [0.25, 0.3) is 5.65 Å². The maximum absolute atomic E-state index is 9.68. The fourth-order valence-electron chi connectivity index (χ4n) is 3.24. The maximum Gasteiger partial charge on any atom is 0.176 e. The Balaban J connectivity index is 2.04. The molecular formula is C19H19N5S2. The van der Waals surface area contributed by atoms with E-state index in [0.29, 0.717) is 11.2 Å². The van der Waals surface area contributed by atoms with Crippen LogP contribution in [0.15, 0.2) is 39.1 Å². The SMILES string of the molecule is CCCN1c2ccccc2Sc2c(C)nc3c(C#N)c(SCC)nn3c21. The third-order valence-corrected chi connectivity index (χ3v) is 6.39. The molecule has 3 heterocycles. The lowest BCUT2D eigenvalue weighted by atomic mass is 10.2.